The quantitative estimate of drug-likeness (QED) is 0.131. The van der Waals surface area contributed by atoms with Gasteiger partial charge in [-0.3, -0.25) is 0 Å². The Morgan fingerprint density at radius 3 is 1.63 bits per heavy atom. The molecule has 0 amide bonds. The number of hydrogen-bond acceptors (Lipinski definition) is 2. The van der Waals surface area contributed by atoms with Gasteiger partial charge in [-0.2, -0.15) is 0 Å². The smallest absolute Gasteiger partial charge is 0.122 e. The zero-order valence-electron chi connectivity index (χ0n) is 29.7. The van der Waals surface area contributed by atoms with Crippen molar-refractivity contribution in [2.75, 3.05) is 9.80 Å². The summed E-state index contributed by atoms with van der Waals surface area (Å²) in [4.78, 5) is 4.32. The highest BCUT2D eigenvalue weighted by Crippen LogP contribution is 2.39. The van der Waals surface area contributed by atoms with Crippen LogP contribution in [0.2, 0.25) is 0 Å². The van der Waals surface area contributed by atoms with Crippen LogP contribution >= 0.6 is 0 Å². The van der Waals surface area contributed by atoms with E-state index in [-0.39, 0.29) is 0 Å². The van der Waals surface area contributed by atoms with Gasteiger partial charge in [-0.1, -0.05) is 134 Å². The third-order valence-electron chi connectivity index (χ3n) is 9.91. The number of anilines is 4. The van der Waals surface area contributed by atoms with Gasteiger partial charge in [0.25, 0.3) is 0 Å². The second-order valence-electron chi connectivity index (χ2n) is 13.2. The van der Waals surface area contributed by atoms with Crippen LogP contribution in [0.5, 0.6) is 0 Å². The van der Waals surface area contributed by atoms with E-state index < -0.39 is 6.17 Å². The van der Waals surface area contributed by atoms with E-state index in [2.05, 4.69) is 150 Å². The predicted molar refractivity (Wildman–Crippen MR) is 225 cm³/mol. The summed E-state index contributed by atoms with van der Waals surface area (Å²) in [5, 5.41) is 4.50. The van der Waals surface area contributed by atoms with Gasteiger partial charge in [-0.15, -0.1) is 0 Å². The molecule has 1 unspecified atom stereocenters. The molecule has 1 aliphatic carbocycles. The van der Waals surface area contributed by atoms with Crippen LogP contribution in [0.3, 0.4) is 0 Å². The van der Waals surface area contributed by atoms with E-state index in [1.165, 1.54) is 6.08 Å². The Labute approximate surface area is 315 Å². The highest BCUT2D eigenvalue weighted by molar-refractivity contribution is 5.98. The Hall–Kier alpha value is -6.78. The minimum absolute atomic E-state index is 0.355. The van der Waals surface area contributed by atoms with Crippen LogP contribution in [-0.2, 0) is 0 Å². The first-order chi connectivity index (χ1) is 26.6. The van der Waals surface area contributed by atoms with Crippen molar-refractivity contribution in [2.45, 2.75) is 12.6 Å². The highest BCUT2D eigenvalue weighted by Gasteiger charge is 2.19. The first-order valence-corrected chi connectivity index (χ1v) is 18.1. The van der Waals surface area contributed by atoms with Crippen LogP contribution in [0.25, 0.3) is 43.8 Å². The summed E-state index contributed by atoms with van der Waals surface area (Å²) in [6.45, 7) is 4.04. The van der Waals surface area contributed by atoms with Crippen LogP contribution in [0.4, 0.5) is 31.5 Å². The summed E-state index contributed by atoms with van der Waals surface area (Å²) in [5.74, 6) is 0. The van der Waals surface area contributed by atoms with E-state index >= 15 is 0 Å². The van der Waals surface area contributed by atoms with Gasteiger partial charge < -0.3 is 9.80 Å². The largest absolute Gasteiger partial charge is 0.310 e. The predicted octanol–water partition coefficient (Wildman–Crippen LogP) is 14.3. The monoisotopic (exact) mass is 704 g/mol. The normalized spacial score (nSPS) is 14.4. The fourth-order valence-corrected chi connectivity index (χ4v) is 7.24. The van der Waals surface area contributed by atoms with Crippen molar-refractivity contribution < 1.29 is 8.78 Å². The molecule has 1 aliphatic rings. The van der Waals surface area contributed by atoms with E-state index in [4.69, 9.17) is 0 Å². The summed E-state index contributed by atoms with van der Waals surface area (Å²) in [6.07, 6.45) is 10.3. The lowest BCUT2D eigenvalue weighted by molar-refractivity contribution is 0.400. The maximum atomic E-state index is 14.1. The lowest BCUT2D eigenvalue weighted by atomic mass is 9.99. The summed E-state index contributed by atoms with van der Waals surface area (Å²) in [6, 6.07) is 54.7. The van der Waals surface area contributed by atoms with Crippen molar-refractivity contribution in [3.05, 3.63) is 218 Å². The molecule has 0 saturated heterocycles. The number of halogens is 2. The molecular weight excluding hydrogens is 667 g/mol. The van der Waals surface area contributed by atoms with Crippen molar-refractivity contribution in [2.24, 2.45) is 0 Å². The SMILES string of the molecule is C=C/C(=C\C=C\F)N(c1ccc(-c2ccc(-c3ccc(N(C4=CCC(F)C=C4)c4cccc5ccccc45)cc3)cc2)cc1)c1cccc2ccccc12. The Bertz CT molecular complexity index is 2550. The van der Waals surface area contributed by atoms with Crippen LogP contribution in [0.15, 0.2) is 218 Å². The number of benzene rings is 7. The average Bonchev–Trinajstić information content (AvgIpc) is 3.23. The molecule has 8 rings (SSSR count). The average molecular weight is 705 g/mol. The fraction of sp³-hybridized carbons (Fsp3) is 0.0400. The van der Waals surface area contributed by atoms with Crippen molar-refractivity contribution in [3.8, 4) is 22.3 Å². The maximum absolute atomic E-state index is 14.1. The second kappa shape index (κ2) is 15.4. The van der Waals surface area contributed by atoms with Gasteiger partial charge in [0.2, 0.25) is 0 Å². The number of hydrogen-bond donors (Lipinski definition) is 0. The molecule has 7 aromatic carbocycles. The topological polar surface area (TPSA) is 6.48 Å². The lowest BCUT2D eigenvalue weighted by Crippen LogP contribution is -2.18. The van der Waals surface area contributed by atoms with Gasteiger partial charge in [0, 0.05) is 40.0 Å². The van der Waals surface area contributed by atoms with Crippen LogP contribution in [0.1, 0.15) is 6.42 Å². The zero-order valence-corrected chi connectivity index (χ0v) is 29.7. The number of fused-ring (bicyclic) bond motifs is 2. The van der Waals surface area contributed by atoms with E-state index in [1.54, 1.807) is 18.2 Å². The molecule has 0 spiro atoms. The molecule has 0 N–H and O–H groups in total. The minimum atomic E-state index is -0.964. The third-order valence-corrected chi connectivity index (χ3v) is 9.91. The van der Waals surface area contributed by atoms with Crippen molar-refractivity contribution in [1.82, 2.24) is 0 Å². The summed E-state index contributed by atoms with van der Waals surface area (Å²) in [5.41, 5.74) is 10.1. The molecule has 0 saturated carbocycles. The molecule has 0 fully saturated rings. The first-order valence-electron chi connectivity index (χ1n) is 18.1. The molecule has 262 valence electrons. The molecule has 54 heavy (non-hydrogen) atoms. The van der Waals surface area contributed by atoms with E-state index in [0.29, 0.717) is 12.8 Å². The highest BCUT2D eigenvalue weighted by atomic mass is 19.1. The number of allylic oxidation sites excluding steroid dienone is 6. The number of nitrogens with zero attached hydrogens (tertiary/aromatic N) is 2. The van der Waals surface area contributed by atoms with Gasteiger partial charge in [0.05, 0.1) is 17.7 Å². The van der Waals surface area contributed by atoms with Gasteiger partial charge in [-0.05, 0) is 99.8 Å². The van der Waals surface area contributed by atoms with Crippen LogP contribution in [0, 0.1) is 0 Å². The first kappa shape index (κ1) is 34.3. The Morgan fingerprint density at radius 1 is 0.593 bits per heavy atom. The van der Waals surface area contributed by atoms with Crippen molar-refractivity contribution in [1.29, 1.82) is 0 Å². The van der Waals surface area contributed by atoms with Crippen LogP contribution in [-0.4, -0.2) is 6.17 Å². The van der Waals surface area contributed by atoms with Crippen molar-refractivity contribution >= 4 is 44.3 Å². The lowest BCUT2D eigenvalue weighted by Gasteiger charge is -2.29. The number of rotatable bonds is 10. The Kier molecular flexibility index (Phi) is 9.82. The van der Waals surface area contributed by atoms with E-state index in [0.717, 1.165) is 77.9 Å². The fourth-order valence-electron chi connectivity index (χ4n) is 7.24. The summed E-state index contributed by atoms with van der Waals surface area (Å²) >= 11 is 0. The second-order valence-corrected chi connectivity index (χ2v) is 13.2. The maximum Gasteiger partial charge on any atom is 0.122 e. The van der Waals surface area contributed by atoms with Crippen molar-refractivity contribution in [3.63, 3.8) is 0 Å². The zero-order chi connectivity index (χ0) is 36.9. The molecule has 7 aromatic rings. The summed E-state index contributed by atoms with van der Waals surface area (Å²) < 4.78 is 27.3. The summed E-state index contributed by atoms with van der Waals surface area (Å²) in [7, 11) is 0. The molecule has 0 radical (unpaired) electrons. The Morgan fingerprint density at radius 2 is 1.09 bits per heavy atom. The molecule has 2 nitrogen and oxygen atoms in total. The Balaban J connectivity index is 1.07. The minimum Gasteiger partial charge on any atom is -0.310 e. The molecule has 0 heterocycles. The molecule has 0 bridgehead atoms. The third kappa shape index (κ3) is 6.90. The molecule has 4 heteroatoms. The van der Waals surface area contributed by atoms with Gasteiger partial charge >= 0.3 is 0 Å². The van der Waals surface area contributed by atoms with Gasteiger partial charge in [0.1, 0.15) is 6.17 Å². The molecular formula is C50H38F2N2. The van der Waals surface area contributed by atoms with Gasteiger partial charge in [0.15, 0.2) is 0 Å². The number of alkyl halides is 1. The standard InChI is InChI=1S/C50H38F2N2/c1-2-43(14-9-35-51)53(49-17-7-12-40-10-3-5-15-47(40)49)44-29-23-38(24-30-44)36-19-21-37(22-20-36)39-25-31-45(32-26-39)54(46-33-27-42(52)28-34-46)50-18-8-13-41-11-4-6-16-48(41)50/h2-27,29-35,42H,1,28H2/b35-9+,43-14+. The van der Waals surface area contributed by atoms with Crippen LogP contribution < -0.4 is 9.80 Å². The van der Waals surface area contributed by atoms with E-state index in [1.807, 2.05) is 36.4 Å². The molecule has 0 aromatic heterocycles. The molecule has 0 aliphatic heterocycles. The molecule has 1 atom stereocenters. The van der Waals surface area contributed by atoms with Gasteiger partial charge in [-0.25, -0.2) is 8.78 Å². The van der Waals surface area contributed by atoms with E-state index in [9.17, 15) is 8.78 Å².